The number of phenolic OH excluding ortho intramolecular Hbond substituents is 1. The zero-order chi connectivity index (χ0) is 20.2. The molecule has 0 atom stereocenters. The molecule has 1 saturated carbocycles. The number of nitrogens with one attached hydrogen (secondary N) is 1. The molecule has 1 fully saturated rings. The highest BCUT2D eigenvalue weighted by atomic mass is 16.3. The van der Waals surface area contributed by atoms with Gasteiger partial charge in [-0.15, -0.1) is 0 Å². The number of aromatic nitrogens is 2. The second-order valence-electron chi connectivity index (χ2n) is 7.71. The Kier molecular flexibility index (Phi) is 5.65. The van der Waals surface area contributed by atoms with Gasteiger partial charge in [0.25, 0.3) is 0 Å². The third-order valence-electron chi connectivity index (χ3n) is 5.64. The maximum atomic E-state index is 11.6. The fraction of sp³-hybridized carbons (Fsp3) is 0.333. The van der Waals surface area contributed by atoms with Crippen LogP contribution in [0.15, 0.2) is 54.6 Å². The predicted molar refractivity (Wildman–Crippen MR) is 115 cm³/mol. The molecule has 5 nitrogen and oxygen atoms in total. The van der Waals surface area contributed by atoms with Crippen molar-refractivity contribution in [3.63, 3.8) is 0 Å². The first-order valence-electron chi connectivity index (χ1n) is 10.4. The van der Waals surface area contributed by atoms with Crippen molar-refractivity contribution in [1.82, 2.24) is 9.78 Å². The topological polar surface area (TPSA) is 67.2 Å². The molecule has 0 saturated heterocycles. The van der Waals surface area contributed by atoms with E-state index in [9.17, 15) is 9.90 Å². The summed E-state index contributed by atoms with van der Waals surface area (Å²) < 4.78 is 2.09. The van der Waals surface area contributed by atoms with E-state index >= 15 is 0 Å². The Labute approximate surface area is 171 Å². The van der Waals surface area contributed by atoms with Crippen molar-refractivity contribution in [3.05, 3.63) is 65.9 Å². The molecule has 1 heterocycles. The van der Waals surface area contributed by atoms with Gasteiger partial charge >= 0.3 is 0 Å². The van der Waals surface area contributed by atoms with E-state index in [1.165, 1.54) is 36.9 Å². The molecule has 0 unspecified atom stereocenters. The summed E-state index contributed by atoms with van der Waals surface area (Å²) in [5.41, 5.74) is 4.50. The predicted octanol–water partition coefficient (Wildman–Crippen LogP) is 5.31. The average Bonchev–Trinajstić information content (AvgIpc) is 3.39. The molecule has 1 amide bonds. The highest BCUT2D eigenvalue weighted by Gasteiger charge is 2.23. The van der Waals surface area contributed by atoms with Crippen LogP contribution in [0.2, 0.25) is 0 Å². The third-order valence-corrected chi connectivity index (χ3v) is 5.64. The molecule has 0 bridgehead atoms. The van der Waals surface area contributed by atoms with Crippen LogP contribution in [-0.2, 0) is 11.3 Å². The summed E-state index contributed by atoms with van der Waals surface area (Å²) in [5.74, 6) is 0.569. The molecular weight excluding hydrogens is 362 g/mol. The van der Waals surface area contributed by atoms with Crippen molar-refractivity contribution in [1.29, 1.82) is 0 Å². The molecule has 29 heavy (non-hydrogen) atoms. The Balaban J connectivity index is 1.67. The van der Waals surface area contributed by atoms with Crippen LogP contribution in [0.3, 0.4) is 0 Å². The van der Waals surface area contributed by atoms with Crippen molar-refractivity contribution in [2.24, 2.45) is 0 Å². The van der Waals surface area contributed by atoms with Gasteiger partial charge < -0.3 is 10.4 Å². The summed E-state index contributed by atoms with van der Waals surface area (Å²) in [6, 6.07) is 17.7. The Bertz CT molecular complexity index is 989. The monoisotopic (exact) mass is 389 g/mol. The first-order valence-corrected chi connectivity index (χ1v) is 10.4. The molecule has 1 aliphatic carbocycles. The Morgan fingerprint density at radius 1 is 1.14 bits per heavy atom. The van der Waals surface area contributed by atoms with Crippen molar-refractivity contribution in [2.75, 3.05) is 5.32 Å². The lowest BCUT2D eigenvalue weighted by molar-refractivity contribution is -0.115. The first kappa shape index (κ1) is 19.2. The first-order chi connectivity index (χ1) is 14.1. The molecule has 1 aliphatic rings. The average molecular weight is 389 g/mol. The lowest BCUT2D eigenvalue weighted by Gasteiger charge is -2.12. The van der Waals surface area contributed by atoms with Gasteiger partial charge in [-0.1, -0.05) is 50.1 Å². The molecular formula is C24H27N3O2. The maximum absolute atomic E-state index is 11.6. The van der Waals surface area contributed by atoms with Gasteiger partial charge in [-0.3, -0.25) is 9.48 Å². The maximum Gasteiger partial charge on any atom is 0.224 e. The van der Waals surface area contributed by atoms with E-state index in [2.05, 4.69) is 28.2 Å². The number of hydrogen-bond acceptors (Lipinski definition) is 3. The SMILES string of the molecule is CCC(=O)Nc1ccc(-c2cc(C3CCCC3)n(Cc3ccccc3)n2)c(O)c1. The van der Waals surface area contributed by atoms with Gasteiger partial charge in [-0.25, -0.2) is 0 Å². The summed E-state index contributed by atoms with van der Waals surface area (Å²) in [7, 11) is 0. The van der Waals surface area contributed by atoms with Crippen LogP contribution in [0, 0.1) is 0 Å². The number of phenols is 1. The van der Waals surface area contributed by atoms with Gasteiger partial charge in [0.1, 0.15) is 5.75 Å². The standard InChI is InChI=1S/C24H27N3O2/c1-2-24(29)25-19-12-13-20(23(28)14-19)21-15-22(18-10-6-7-11-18)27(26-21)16-17-8-4-3-5-9-17/h3-5,8-9,12-15,18,28H,2,6-7,10-11,16H2,1H3,(H,25,29). The number of carbonyl (C=O) groups is 1. The smallest absolute Gasteiger partial charge is 0.224 e. The van der Waals surface area contributed by atoms with Gasteiger partial charge in [-0.05, 0) is 36.6 Å². The van der Waals surface area contributed by atoms with Crippen LogP contribution in [0.25, 0.3) is 11.3 Å². The van der Waals surface area contributed by atoms with Crippen molar-refractivity contribution in [2.45, 2.75) is 51.5 Å². The molecule has 0 spiro atoms. The van der Waals surface area contributed by atoms with Crippen LogP contribution in [0.5, 0.6) is 5.75 Å². The van der Waals surface area contributed by atoms with Gasteiger partial charge in [-0.2, -0.15) is 5.10 Å². The zero-order valence-electron chi connectivity index (χ0n) is 16.8. The molecule has 5 heteroatoms. The van der Waals surface area contributed by atoms with Crippen LogP contribution in [0.4, 0.5) is 5.69 Å². The molecule has 0 aliphatic heterocycles. The van der Waals surface area contributed by atoms with Crippen LogP contribution in [0.1, 0.15) is 56.2 Å². The van der Waals surface area contributed by atoms with Gasteiger partial charge in [0, 0.05) is 35.3 Å². The van der Waals surface area contributed by atoms with E-state index in [4.69, 9.17) is 5.10 Å². The van der Waals surface area contributed by atoms with Gasteiger partial charge in [0.15, 0.2) is 0 Å². The number of rotatable bonds is 6. The lowest BCUT2D eigenvalue weighted by atomic mass is 10.0. The number of benzene rings is 2. The lowest BCUT2D eigenvalue weighted by Crippen LogP contribution is -2.09. The highest BCUT2D eigenvalue weighted by Crippen LogP contribution is 2.38. The quantitative estimate of drug-likeness (QED) is 0.600. The summed E-state index contributed by atoms with van der Waals surface area (Å²) in [4.78, 5) is 11.6. The molecule has 0 radical (unpaired) electrons. The van der Waals surface area contributed by atoms with Crippen molar-refractivity contribution >= 4 is 11.6 Å². The minimum Gasteiger partial charge on any atom is -0.507 e. The number of anilines is 1. The Morgan fingerprint density at radius 2 is 1.90 bits per heavy atom. The van der Waals surface area contributed by atoms with Gasteiger partial charge in [0.05, 0.1) is 12.2 Å². The second kappa shape index (κ2) is 8.52. The number of carbonyl (C=O) groups excluding carboxylic acids is 1. The number of nitrogens with zero attached hydrogens (tertiary/aromatic N) is 2. The van der Waals surface area contributed by atoms with E-state index in [0.29, 0.717) is 23.6 Å². The summed E-state index contributed by atoms with van der Waals surface area (Å²) in [6.07, 6.45) is 5.29. The summed E-state index contributed by atoms with van der Waals surface area (Å²) in [6.45, 7) is 2.52. The van der Waals surface area contributed by atoms with Crippen LogP contribution < -0.4 is 5.32 Å². The van der Waals surface area contributed by atoms with Gasteiger partial charge in [0.2, 0.25) is 5.91 Å². The third kappa shape index (κ3) is 4.34. The van der Waals surface area contributed by atoms with E-state index in [-0.39, 0.29) is 11.7 Å². The largest absolute Gasteiger partial charge is 0.507 e. The molecule has 1 aromatic heterocycles. The van der Waals surface area contributed by atoms with E-state index in [0.717, 1.165) is 12.2 Å². The number of amides is 1. The van der Waals surface area contributed by atoms with Crippen LogP contribution >= 0.6 is 0 Å². The number of hydrogen-bond donors (Lipinski definition) is 2. The fourth-order valence-corrected chi connectivity index (χ4v) is 4.07. The van der Waals surface area contributed by atoms with Crippen molar-refractivity contribution in [3.8, 4) is 17.0 Å². The Hall–Kier alpha value is -3.08. The van der Waals surface area contributed by atoms with E-state index in [1.54, 1.807) is 13.0 Å². The van der Waals surface area contributed by atoms with E-state index in [1.807, 2.05) is 30.3 Å². The summed E-state index contributed by atoms with van der Waals surface area (Å²) in [5, 5.41) is 18.2. The zero-order valence-corrected chi connectivity index (χ0v) is 16.8. The molecule has 150 valence electrons. The minimum atomic E-state index is -0.0761. The Morgan fingerprint density at radius 3 is 2.59 bits per heavy atom. The summed E-state index contributed by atoms with van der Waals surface area (Å²) >= 11 is 0. The minimum absolute atomic E-state index is 0.0761. The fourth-order valence-electron chi connectivity index (χ4n) is 4.07. The number of aromatic hydroxyl groups is 1. The van der Waals surface area contributed by atoms with Crippen molar-refractivity contribution < 1.29 is 9.90 Å². The molecule has 4 rings (SSSR count). The second-order valence-corrected chi connectivity index (χ2v) is 7.71. The normalized spacial score (nSPS) is 14.2. The molecule has 2 N–H and O–H groups in total. The highest BCUT2D eigenvalue weighted by molar-refractivity contribution is 5.91. The van der Waals surface area contributed by atoms with Crippen LogP contribution in [-0.4, -0.2) is 20.8 Å². The molecule has 3 aromatic rings. The van der Waals surface area contributed by atoms with E-state index < -0.39 is 0 Å². The molecule has 2 aromatic carbocycles.